The summed E-state index contributed by atoms with van der Waals surface area (Å²) in [7, 11) is 0. The van der Waals surface area contributed by atoms with Crippen LogP contribution in [0.4, 0.5) is 10.1 Å². The molecule has 0 spiro atoms. The molecule has 1 saturated heterocycles. The van der Waals surface area contributed by atoms with Gasteiger partial charge < -0.3 is 5.11 Å². The summed E-state index contributed by atoms with van der Waals surface area (Å²) in [4.78, 5) is 29.7. The van der Waals surface area contributed by atoms with E-state index >= 15 is 0 Å². The van der Waals surface area contributed by atoms with Gasteiger partial charge in [-0.3, -0.25) is 9.69 Å². The summed E-state index contributed by atoms with van der Waals surface area (Å²) in [5.41, 5.74) is 1.60. The minimum absolute atomic E-state index is 0.0786. The van der Waals surface area contributed by atoms with Gasteiger partial charge in [0.05, 0.1) is 16.5 Å². The molecule has 3 rings (SSSR count). The third-order valence-corrected chi connectivity index (χ3v) is 5.18. The Morgan fingerprint density at radius 3 is 2.48 bits per heavy atom. The molecule has 0 aliphatic carbocycles. The maximum absolute atomic E-state index is 13.1. The van der Waals surface area contributed by atoms with Crippen LogP contribution in [0.25, 0.3) is 0 Å². The van der Waals surface area contributed by atoms with E-state index in [2.05, 4.69) is 11.6 Å². The Hall–Kier alpha value is -2.93. The second-order valence-electron chi connectivity index (χ2n) is 5.92. The van der Waals surface area contributed by atoms with Crippen LogP contribution in [0.2, 0.25) is 0 Å². The number of amides is 1. The summed E-state index contributed by atoms with van der Waals surface area (Å²) in [6, 6.07) is 12.2. The van der Waals surface area contributed by atoms with Crippen molar-refractivity contribution >= 4 is 34.5 Å². The number of thioether (sulfide) groups is 1. The number of aromatic carboxylic acids is 1. The molecule has 5 nitrogen and oxygen atoms in total. The lowest BCUT2D eigenvalue weighted by atomic mass is 10.1. The average molecular weight is 384 g/mol. The fourth-order valence-corrected chi connectivity index (χ4v) is 3.85. The van der Waals surface area contributed by atoms with E-state index in [1.54, 1.807) is 35.2 Å². The van der Waals surface area contributed by atoms with Gasteiger partial charge in [-0.2, -0.15) is 0 Å². The van der Waals surface area contributed by atoms with Crippen molar-refractivity contribution in [3.63, 3.8) is 0 Å². The number of carbonyl (C=O) groups excluding carboxylic acids is 1. The van der Waals surface area contributed by atoms with E-state index in [1.165, 1.54) is 36.0 Å². The second-order valence-corrected chi connectivity index (χ2v) is 7.09. The van der Waals surface area contributed by atoms with Crippen LogP contribution in [0.5, 0.6) is 0 Å². The molecule has 1 heterocycles. The topological polar surface area (TPSA) is 70.0 Å². The maximum Gasteiger partial charge on any atom is 0.335 e. The minimum Gasteiger partial charge on any atom is -0.478 e. The third kappa shape index (κ3) is 4.43. The van der Waals surface area contributed by atoms with Crippen LogP contribution in [-0.2, 0) is 11.2 Å². The van der Waals surface area contributed by atoms with Gasteiger partial charge in [0.25, 0.3) is 0 Å². The normalized spacial score (nSPS) is 18.1. The Bertz CT molecular complexity index is 894. The predicted octanol–water partition coefficient (Wildman–Crippen LogP) is 3.88. The number of benzene rings is 2. The number of hydrogen-bond acceptors (Lipinski definition) is 4. The van der Waals surface area contributed by atoms with Gasteiger partial charge in [0.15, 0.2) is 5.17 Å². The van der Waals surface area contributed by atoms with E-state index < -0.39 is 5.97 Å². The van der Waals surface area contributed by atoms with Crippen molar-refractivity contribution in [1.82, 2.24) is 4.90 Å². The number of carboxylic acids is 1. The van der Waals surface area contributed by atoms with Gasteiger partial charge in [0, 0.05) is 6.54 Å². The molecule has 1 aliphatic rings. The number of halogens is 1. The van der Waals surface area contributed by atoms with Crippen molar-refractivity contribution in [3.05, 3.63) is 78.1 Å². The highest BCUT2D eigenvalue weighted by atomic mass is 32.2. The molecule has 1 N–H and O–H groups in total. The van der Waals surface area contributed by atoms with Gasteiger partial charge in [0.1, 0.15) is 5.82 Å². The number of carbonyl (C=O) groups is 2. The lowest BCUT2D eigenvalue weighted by Crippen LogP contribution is -2.32. The molecular weight excluding hydrogens is 367 g/mol. The summed E-state index contributed by atoms with van der Waals surface area (Å²) in [6.07, 6.45) is 2.09. The molecule has 1 fully saturated rings. The molecule has 7 heteroatoms. The number of nitrogens with zero attached hydrogens (tertiary/aromatic N) is 2. The van der Waals surface area contributed by atoms with Gasteiger partial charge in [-0.25, -0.2) is 14.2 Å². The van der Waals surface area contributed by atoms with Crippen LogP contribution in [0.3, 0.4) is 0 Å². The predicted molar refractivity (Wildman–Crippen MR) is 104 cm³/mol. The quantitative estimate of drug-likeness (QED) is 0.768. The first kappa shape index (κ1) is 18.8. The van der Waals surface area contributed by atoms with Crippen LogP contribution < -0.4 is 0 Å². The molecule has 2 aromatic carbocycles. The summed E-state index contributed by atoms with van der Waals surface area (Å²) < 4.78 is 13.1. The SMILES string of the molecule is C=CCN1C(=O)C(Cc2ccc(F)cc2)SC1=Nc1ccc(C(=O)O)cc1. The molecule has 1 amide bonds. The van der Waals surface area contributed by atoms with Crippen molar-refractivity contribution in [3.8, 4) is 0 Å². The van der Waals surface area contributed by atoms with E-state index in [-0.39, 0.29) is 22.5 Å². The number of hydrogen-bond donors (Lipinski definition) is 1. The zero-order valence-corrected chi connectivity index (χ0v) is 15.2. The fraction of sp³-hybridized carbons (Fsp3) is 0.150. The average Bonchev–Trinajstić information content (AvgIpc) is 2.93. The van der Waals surface area contributed by atoms with Gasteiger partial charge in [-0.15, -0.1) is 6.58 Å². The summed E-state index contributed by atoms with van der Waals surface area (Å²) in [5.74, 6) is -1.40. The Morgan fingerprint density at radius 2 is 1.89 bits per heavy atom. The van der Waals surface area contributed by atoms with Crippen LogP contribution in [0.1, 0.15) is 15.9 Å². The molecule has 0 bridgehead atoms. The van der Waals surface area contributed by atoms with E-state index in [0.717, 1.165) is 5.56 Å². The number of amidine groups is 1. The molecule has 138 valence electrons. The van der Waals surface area contributed by atoms with Crippen molar-refractivity contribution < 1.29 is 19.1 Å². The first-order valence-corrected chi connectivity index (χ1v) is 9.11. The highest BCUT2D eigenvalue weighted by Crippen LogP contribution is 2.32. The van der Waals surface area contributed by atoms with Crippen molar-refractivity contribution in [1.29, 1.82) is 0 Å². The zero-order chi connectivity index (χ0) is 19.4. The van der Waals surface area contributed by atoms with Crippen LogP contribution in [0, 0.1) is 5.82 Å². The Balaban J connectivity index is 1.82. The summed E-state index contributed by atoms with van der Waals surface area (Å²) >= 11 is 1.34. The number of aliphatic imine (C=N–C) groups is 1. The van der Waals surface area contributed by atoms with Gasteiger partial charge in [-0.1, -0.05) is 30.0 Å². The van der Waals surface area contributed by atoms with Crippen LogP contribution in [0.15, 0.2) is 66.2 Å². The second kappa shape index (κ2) is 8.18. The minimum atomic E-state index is -1.01. The van der Waals surface area contributed by atoms with E-state index in [1.807, 2.05) is 0 Å². The molecule has 1 aliphatic heterocycles. The highest BCUT2D eigenvalue weighted by molar-refractivity contribution is 8.15. The molecule has 0 aromatic heterocycles. The van der Waals surface area contributed by atoms with Gasteiger partial charge in [-0.05, 0) is 48.4 Å². The van der Waals surface area contributed by atoms with Gasteiger partial charge >= 0.3 is 5.97 Å². The number of rotatable bonds is 6. The van der Waals surface area contributed by atoms with Crippen molar-refractivity contribution in [2.75, 3.05) is 6.54 Å². The molecule has 0 saturated carbocycles. The monoisotopic (exact) mass is 384 g/mol. The first-order chi connectivity index (χ1) is 13.0. The lowest BCUT2D eigenvalue weighted by Gasteiger charge is -2.13. The first-order valence-electron chi connectivity index (χ1n) is 8.23. The van der Waals surface area contributed by atoms with E-state index in [0.29, 0.717) is 23.8 Å². The van der Waals surface area contributed by atoms with Crippen molar-refractivity contribution in [2.24, 2.45) is 4.99 Å². The van der Waals surface area contributed by atoms with Crippen LogP contribution in [-0.4, -0.2) is 38.8 Å². The standard InChI is InChI=1S/C20H17FN2O3S/c1-2-11-23-18(24)17(12-13-3-7-15(21)8-4-13)27-20(23)22-16-9-5-14(6-10-16)19(25)26/h2-10,17H,1,11-12H2,(H,25,26). The Kier molecular flexibility index (Phi) is 5.71. The molecule has 1 unspecified atom stereocenters. The number of carboxylic acid groups (broad SMARTS) is 1. The van der Waals surface area contributed by atoms with Gasteiger partial charge in [0.2, 0.25) is 5.91 Å². The third-order valence-electron chi connectivity index (χ3n) is 4.01. The molecule has 0 radical (unpaired) electrons. The van der Waals surface area contributed by atoms with E-state index in [4.69, 9.17) is 5.11 Å². The fourth-order valence-electron chi connectivity index (χ4n) is 2.65. The maximum atomic E-state index is 13.1. The molecule has 27 heavy (non-hydrogen) atoms. The molecule has 1 atom stereocenters. The molecule has 2 aromatic rings. The largest absolute Gasteiger partial charge is 0.478 e. The van der Waals surface area contributed by atoms with Crippen LogP contribution >= 0.6 is 11.8 Å². The summed E-state index contributed by atoms with van der Waals surface area (Å²) in [6.45, 7) is 4.02. The Morgan fingerprint density at radius 1 is 1.22 bits per heavy atom. The highest BCUT2D eigenvalue weighted by Gasteiger charge is 2.37. The smallest absolute Gasteiger partial charge is 0.335 e. The molecular formula is C20H17FN2O3S. The van der Waals surface area contributed by atoms with E-state index in [9.17, 15) is 14.0 Å². The van der Waals surface area contributed by atoms with Crippen molar-refractivity contribution in [2.45, 2.75) is 11.7 Å². The lowest BCUT2D eigenvalue weighted by molar-refractivity contribution is -0.125. The Labute approximate surface area is 160 Å². The zero-order valence-electron chi connectivity index (χ0n) is 14.3. The summed E-state index contributed by atoms with van der Waals surface area (Å²) in [5, 5.41) is 9.15.